The molecular formula is C16H22N4O. The van der Waals surface area contributed by atoms with Gasteiger partial charge in [-0.2, -0.15) is 0 Å². The summed E-state index contributed by atoms with van der Waals surface area (Å²) in [5.41, 5.74) is 7.09. The van der Waals surface area contributed by atoms with Crippen LogP contribution in [0.4, 0.5) is 5.82 Å². The Bertz CT molecular complexity index is 657. The van der Waals surface area contributed by atoms with Crippen LogP contribution < -0.4 is 11.3 Å². The van der Waals surface area contributed by atoms with Gasteiger partial charge in [-0.25, -0.2) is 15.8 Å². The largest absolute Gasteiger partial charge is 0.507 e. The number of aromatic nitrogens is 2. The molecule has 0 bridgehead atoms. The number of phenols is 1. The van der Waals surface area contributed by atoms with Gasteiger partial charge in [-0.3, -0.25) is 0 Å². The molecule has 0 aliphatic heterocycles. The van der Waals surface area contributed by atoms with Gasteiger partial charge in [-0.15, -0.1) is 0 Å². The van der Waals surface area contributed by atoms with Crippen molar-refractivity contribution >= 4 is 5.82 Å². The molecule has 4 N–H and O–H groups in total. The lowest BCUT2D eigenvalue weighted by molar-refractivity contribution is 0.467. The smallest absolute Gasteiger partial charge is 0.161 e. The van der Waals surface area contributed by atoms with Gasteiger partial charge in [0.05, 0.1) is 0 Å². The van der Waals surface area contributed by atoms with Crippen LogP contribution in [0.25, 0.3) is 11.4 Å². The molecule has 21 heavy (non-hydrogen) atoms. The summed E-state index contributed by atoms with van der Waals surface area (Å²) in [5.74, 6) is 7.46. The topological polar surface area (TPSA) is 84.1 Å². The monoisotopic (exact) mass is 286 g/mol. The van der Waals surface area contributed by atoms with Crippen LogP contribution in [-0.4, -0.2) is 15.1 Å². The van der Waals surface area contributed by atoms with Gasteiger partial charge in [0.15, 0.2) is 5.82 Å². The van der Waals surface area contributed by atoms with Crippen molar-refractivity contribution in [1.82, 2.24) is 9.97 Å². The summed E-state index contributed by atoms with van der Waals surface area (Å²) in [6.45, 7) is 9.86. The molecule has 0 fully saturated rings. The molecule has 0 radical (unpaired) electrons. The minimum Gasteiger partial charge on any atom is -0.507 e. The van der Waals surface area contributed by atoms with Gasteiger partial charge in [-0.05, 0) is 49.9 Å². The summed E-state index contributed by atoms with van der Waals surface area (Å²) < 4.78 is 0. The molecule has 5 nitrogen and oxygen atoms in total. The summed E-state index contributed by atoms with van der Waals surface area (Å²) in [7, 11) is 0. The van der Waals surface area contributed by atoms with Gasteiger partial charge in [0.25, 0.3) is 0 Å². The average molecular weight is 286 g/mol. The number of benzene rings is 1. The summed E-state index contributed by atoms with van der Waals surface area (Å²) >= 11 is 0. The van der Waals surface area contributed by atoms with Crippen LogP contribution in [0.3, 0.4) is 0 Å². The molecule has 1 aromatic heterocycles. The van der Waals surface area contributed by atoms with E-state index in [0.717, 1.165) is 27.9 Å². The number of hydrogen-bond acceptors (Lipinski definition) is 5. The molecule has 5 heteroatoms. The first-order chi connectivity index (χ1) is 9.85. The highest BCUT2D eigenvalue weighted by molar-refractivity contribution is 5.64. The third-order valence-electron chi connectivity index (χ3n) is 3.60. The molecular weight excluding hydrogens is 264 g/mol. The van der Waals surface area contributed by atoms with Gasteiger partial charge in [0, 0.05) is 16.8 Å². The van der Waals surface area contributed by atoms with E-state index < -0.39 is 0 Å². The zero-order chi connectivity index (χ0) is 15.7. The highest BCUT2D eigenvalue weighted by atomic mass is 16.3. The molecule has 1 aromatic carbocycles. The maximum Gasteiger partial charge on any atom is 0.161 e. The Morgan fingerprint density at radius 1 is 1.10 bits per heavy atom. The van der Waals surface area contributed by atoms with Crippen LogP contribution in [0, 0.1) is 20.8 Å². The Hall–Kier alpha value is -2.14. The van der Waals surface area contributed by atoms with Crippen molar-refractivity contribution in [3.63, 3.8) is 0 Å². The van der Waals surface area contributed by atoms with Gasteiger partial charge in [-0.1, -0.05) is 13.8 Å². The number of nitrogens with zero attached hydrogens (tertiary/aromatic N) is 2. The van der Waals surface area contributed by atoms with E-state index in [1.807, 2.05) is 32.9 Å². The predicted octanol–water partition coefficient (Wildman–Crippen LogP) is 3.18. The Morgan fingerprint density at radius 3 is 2.14 bits per heavy atom. The quantitative estimate of drug-likeness (QED) is 0.596. The second kappa shape index (κ2) is 5.69. The van der Waals surface area contributed by atoms with Crippen molar-refractivity contribution in [3.05, 3.63) is 34.5 Å². The number of aryl methyl sites for hydroxylation is 3. The van der Waals surface area contributed by atoms with Crippen LogP contribution in [0.2, 0.25) is 0 Å². The van der Waals surface area contributed by atoms with E-state index in [9.17, 15) is 5.11 Å². The Labute approximate surface area is 125 Å². The van der Waals surface area contributed by atoms with Gasteiger partial charge in [0.1, 0.15) is 11.6 Å². The molecule has 112 valence electrons. The average Bonchev–Trinajstić information content (AvgIpc) is 2.42. The standard InChI is InChI=1S/C16H22N4O/c1-8(2)13-11(5)18-15(19-16(13)20-17)12-6-9(3)14(21)10(4)7-12/h6-8,21H,17H2,1-5H3,(H,18,19,20). The Morgan fingerprint density at radius 2 is 1.67 bits per heavy atom. The fourth-order valence-electron chi connectivity index (χ4n) is 2.60. The first-order valence-electron chi connectivity index (χ1n) is 7.00. The number of hydrogen-bond donors (Lipinski definition) is 3. The zero-order valence-corrected chi connectivity index (χ0v) is 13.2. The van der Waals surface area contributed by atoms with E-state index in [1.165, 1.54) is 0 Å². The third kappa shape index (κ3) is 2.83. The number of nitrogens with one attached hydrogen (secondary N) is 1. The Balaban J connectivity index is 2.63. The SMILES string of the molecule is Cc1cc(-c2nc(C)c(C(C)C)c(NN)n2)cc(C)c1O. The van der Waals surface area contributed by atoms with Crippen molar-refractivity contribution in [1.29, 1.82) is 0 Å². The lowest BCUT2D eigenvalue weighted by atomic mass is 10.0. The fraction of sp³-hybridized carbons (Fsp3) is 0.375. The van der Waals surface area contributed by atoms with E-state index in [4.69, 9.17) is 5.84 Å². The van der Waals surface area contributed by atoms with E-state index in [1.54, 1.807) is 0 Å². The molecule has 0 aliphatic carbocycles. The number of phenolic OH excluding ortho intramolecular Hbond substituents is 1. The minimum atomic E-state index is 0.286. The maximum absolute atomic E-state index is 9.88. The van der Waals surface area contributed by atoms with E-state index in [-0.39, 0.29) is 5.92 Å². The summed E-state index contributed by atoms with van der Waals surface area (Å²) in [4.78, 5) is 9.12. The third-order valence-corrected chi connectivity index (χ3v) is 3.60. The number of anilines is 1. The summed E-state index contributed by atoms with van der Waals surface area (Å²) in [6.07, 6.45) is 0. The molecule has 2 rings (SSSR count). The zero-order valence-electron chi connectivity index (χ0n) is 13.2. The van der Waals surface area contributed by atoms with Crippen molar-refractivity contribution < 1.29 is 5.11 Å². The molecule has 2 aromatic rings. The fourth-order valence-corrected chi connectivity index (χ4v) is 2.60. The first-order valence-corrected chi connectivity index (χ1v) is 7.00. The molecule has 0 atom stereocenters. The number of aromatic hydroxyl groups is 1. The number of rotatable bonds is 3. The van der Waals surface area contributed by atoms with Crippen molar-refractivity contribution in [2.24, 2.45) is 5.84 Å². The van der Waals surface area contributed by atoms with Crippen molar-refractivity contribution in [2.75, 3.05) is 5.43 Å². The molecule has 0 aliphatic rings. The molecule has 0 unspecified atom stereocenters. The van der Waals surface area contributed by atoms with Crippen molar-refractivity contribution in [2.45, 2.75) is 40.5 Å². The van der Waals surface area contributed by atoms with E-state index in [0.29, 0.717) is 17.4 Å². The highest BCUT2D eigenvalue weighted by Gasteiger charge is 2.16. The van der Waals surface area contributed by atoms with Crippen LogP contribution in [-0.2, 0) is 0 Å². The number of nitrogens with two attached hydrogens (primary N) is 1. The first kappa shape index (κ1) is 15.3. The van der Waals surface area contributed by atoms with Crippen LogP contribution in [0.15, 0.2) is 12.1 Å². The van der Waals surface area contributed by atoms with Gasteiger partial charge < -0.3 is 10.5 Å². The Kier molecular flexibility index (Phi) is 4.14. The maximum atomic E-state index is 9.88. The van der Waals surface area contributed by atoms with Crippen LogP contribution >= 0.6 is 0 Å². The minimum absolute atomic E-state index is 0.286. The summed E-state index contributed by atoms with van der Waals surface area (Å²) in [6, 6.07) is 3.76. The lowest BCUT2D eigenvalue weighted by Gasteiger charge is -2.16. The van der Waals surface area contributed by atoms with Gasteiger partial charge >= 0.3 is 0 Å². The lowest BCUT2D eigenvalue weighted by Crippen LogP contribution is -2.14. The van der Waals surface area contributed by atoms with Crippen LogP contribution in [0.5, 0.6) is 5.75 Å². The van der Waals surface area contributed by atoms with E-state index >= 15 is 0 Å². The second-order valence-corrected chi connectivity index (χ2v) is 5.65. The van der Waals surface area contributed by atoms with E-state index in [2.05, 4.69) is 29.2 Å². The van der Waals surface area contributed by atoms with Gasteiger partial charge in [0.2, 0.25) is 0 Å². The molecule has 1 heterocycles. The predicted molar refractivity (Wildman–Crippen MR) is 85.2 cm³/mol. The highest BCUT2D eigenvalue weighted by Crippen LogP contribution is 2.31. The number of nitrogen functional groups attached to an aromatic ring is 1. The second-order valence-electron chi connectivity index (χ2n) is 5.65. The molecule has 0 saturated heterocycles. The molecule has 0 amide bonds. The molecule has 0 spiro atoms. The normalized spacial score (nSPS) is 11.0. The summed E-state index contributed by atoms with van der Waals surface area (Å²) in [5, 5.41) is 9.88. The van der Waals surface area contributed by atoms with Crippen molar-refractivity contribution in [3.8, 4) is 17.1 Å². The number of hydrazine groups is 1. The molecule has 0 saturated carbocycles. The van der Waals surface area contributed by atoms with Crippen LogP contribution in [0.1, 0.15) is 42.1 Å².